The van der Waals surface area contributed by atoms with Crippen LogP contribution < -0.4 is 10.1 Å². The van der Waals surface area contributed by atoms with Crippen molar-refractivity contribution in [2.75, 3.05) is 6.61 Å². The van der Waals surface area contributed by atoms with Crippen molar-refractivity contribution in [3.8, 4) is 5.75 Å². The molecule has 0 bridgehead atoms. The lowest BCUT2D eigenvalue weighted by atomic mass is 9.99. The number of alkyl carbamates (subject to hydrolysis) is 1. The minimum Gasteiger partial charge on any atom is -0.490 e. The second-order valence-electron chi connectivity index (χ2n) is 7.01. The molecule has 9 heteroatoms. The molecule has 1 unspecified atom stereocenters. The average molecular weight is 425 g/mol. The molecule has 0 aliphatic heterocycles. The van der Waals surface area contributed by atoms with Crippen LogP contribution >= 0.6 is 0 Å². The fourth-order valence-corrected chi connectivity index (χ4v) is 2.79. The largest absolute Gasteiger partial charge is 0.490 e. The number of carbonyl (C=O) groups excluding carboxylic acids is 1. The Morgan fingerprint density at radius 2 is 1.87 bits per heavy atom. The fraction of sp³-hybridized carbons (Fsp3) is 0.381. The van der Waals surface area contributed by atoms with Crippen molar-refractivity contribution >= 4 is 6.09 Å². The van der Waals surface area contributed by atoms with Crippen molar-refractivity contribution < 1.29 is 37.7 Å². The van der Waals surface area contributed by atoms with Crippen molar-refractivity contribution in [1.82, 2.24) is 5.32 Å². The Morgan fingerprint density at radius 3 is 2.47 bits per heavy atom. The van der Waals surface area contributed by atoms with Gasteiger partial charge in [0, 0.05) is 0 Å². The first-order chi connectivity index (χ1) is 14.3. The molecule has 3 rings (SSSR count). The van der Waals surface area contributed by atoms with Gasteiger partial charge in [-0.05, 0) is 36.1 Å². The summed E-state index contributed by atoms with van der Waals surface area (Å²) in [4.78, 5) is 12.0. The number of rotatable bonds is 8. The maximum absolute atomic E-state index is 13.4. The first-order valence-corrected chi connectivity index (χ1v) is 9.42. The Morgan fingerprint density at radius 1 is 1.17 bits per heavy atom. The van der Waals surface area contributed by atoms with Crippen LogP contribution in [-0.4, -0.2) is 35.1 Å². The summed E-state index contributed by atoms with van der Waals surface area (Å²) in [7, 11) is 0. The minimum absolute atomic E-state index is 0.0354. The number of amides is 1. The third-order valence-electron chi connectivity index (χ3n) is 4.56. The first-order valence-electron chi connectivity index (χ1n) is 9.42. The highest BCUT2D eigenvalue weighted by molar-refractivity contribution is 5.67. The lowest BCUT2D eigenvalue weighted by molar-refractivity contribution is -0.139. The van der Waals surface area contributed by atoms with Crippen molar-refractivity contribution in [3.63, 3.8) is 0 Å². The summed E-state index contributed by atoms with van der Waals surface area (Å²) in [5, 5.41) is 22.3. The predicted molar refractivity (Wildman–Crippen MR) is 101 cm³/mol. The van der Waals surface area contributed by atoms with E-state index in [1.807, 2.05) is 0 Å². The van der Waals surface area contributed by atoms with Gasteiger partial charge in [-0.2, -0.15) is 13.2 Å². The van der Waals surface area contributed by atoms with Gasteiger partial charge in [0.05, 0.1) is 24.3 Å². The Balaban J connectivity index is 1.68. The standard InChI is InChI=1S/C21H22F3NO5/c22-21(23,24)16-10-14(6-9-18(16)30-15-7-8-15)19(27)17(11-26)25-20(28)29-12-13-4-2-1-3-5-13/h1-6,9-10,15,17,19,26-27H,7-8,11-12H2,(H,25,28)/t17-,19?/m1/s1. The molecule has 1 saturated carbocycles. The summed E-state index contributed by atoms with van der Waals surface area (Å²) in [6.45, 7) is -0.740. The van der Waals surface area contributed by atoms with E-state index in [9.17, 15) is 28.2 Å². The molecule has 1 aliphatic carbocycles. The van der Waals surface area contributed by atoms with E-state index < -0.39 is 36.6 Å². The summed E-state index contributed by atoms with van der Waals surface area (Å²) in [6.07, 6.45) is -6.02. The van der Waals surface area contributed by atoms with Gasteiger partial charge >= 0.3 is 12.3 Å². The van der Waals surface area contributed by atoms with Crippen LogP contribution in [0.3, 0.4) is 0 Å². The van der Waals surface area contributed by atoms with Gasteiger partial charge in [-0.15, -0.1) is 0 Å². The molecule has 0 radical (unpaired) electrons. The number of nitrogens with one attached hydrogen (secondary N) is 1. The number of hydrogen-bond donors (Lipinski definition) is 3. The topological polar surface area (TPSA) is 88.0 Å². The van der Waals surface area contributed by atoms with Gasteiger partial charge in [-0.3, -0.25) is 0 Å². The molecule has 1 aliphatic rings. The molecule has 162 valence electrons. The second kappa shape index (κ2) is 9.36. The molecule has 3 N–H and O–H groups in total. The van der Waals surface area contributed by atoms with Crippen molar-refractivity contribution in [1.29, 1.82) is 0 Å². The van der Waals surface area contributed by atoms with E-state index in [1.54, 1.807) is 30.3 Å². The van der Waals surface area contributed by atoms with E-state index in [0.29, 0.717) is 12.8 Å². The molecule has 2 atom stereocenters. The van der Waals surface area contributed by atoms with Crippen LogP contribution in [0.2, 0.25) is 0 Å². The van der Waals surface area contributed by atoms with Crippen LogP contribution in [0, 0.1) is 0 Å². The van der Waals surface area contributed by atoms with Gasteiger partial charge in [0.2, 0.25) is 0 Å². The lowest BCUT2D eigenvalue weighted by Crippen LogP contribution is -2.42. The van der Waals surface area contributed by atoms with Crippen LogP contribution in [0.15, 0.2) is 48.5 Å². The summed E-state index contributed by atoms with van der Waals surface area (Å²) in [5.41, 5.74) is -0.406. The summed E-state index contributed by atoms with van der Waals surface area (Å²) < 4.78 is 50.6. The number of aliphatic hydroxyl groups is 2. The number of hydrogen-bond acceptors (Lipinski definition) is 5. The van der Waals surface area contributed by atoms with Gasteiger partial charge in [0.1, 0.15) is 18.5 Å². The van der Waals surface area contributed by atoms with Gasteiger partial charge in [-0.25, -0.2) is 4.79 Å². The number of carbonyl (C=O) groups is 1. The maximum Gasteiger partial charge on any atom is 0.419 e. The normalized spacial score (nSPS) is 15.9. The SMILES string of the molecule is O=C(N[C@H](CO)C(O)c1ccc(OC2CC2)c(C(F)(F)F)c1)OCc1ccccc1. The third kappa shape index (κ3) is 5.87. The average Bonchev–Trinajstić information content (AvgIpc) is 3.54. The number of ether oxygens (including phenoxy) is 2. The zero-order valence-corrected chi connectivity index (χ0v) is 15.9. The number of aliphatic hydroxyl groups excluding tert-OH is 2. The van der Waals surface area contributed by atoms with Crippen LogP contribution in [-0.2, 0) is 17.5 Å². The third-order valence-corrected chi connectivity index (χ3v) is 4.56. The van der Waals surface area contributed by atoms with Crippen LogP contribution in [0.1, 0.15) is 35.6 Å². The Kier molecular flexibility index (Phi) is 6.84. The first kappa shape index (κ1) is 21.9. The molecular weight excluding hydrogens is 403 g/mol. The van der Waals surface area contributed by atoms with E-state index in [2.05, 4.69) is 5.32 Å². The highest BCUT2D eigenvalue weighted by atomic mass is 19.4. The van der Waals surface area contributed by atoms with Crippen LogP contribution in [0.4, 0.5) is 18.0 Å². The van der Waals surface area contributed by atoms with Crippen molar-refractivity contribution in [2.24, 2.45) is 0 Å². The van der Waals surface area contributed by atoms with Gasteiger partial charge < -0.3 is 25.0 Å². The molecule has 0 spiro atoms. The molecule has 2 aromatic rings. The van der Waals surface area contributed by atoms with Crippen molar-refractivity contribution in [3.05, 3.63) is 65.2 Å². The van der Waals surface area contributed by atoms with Crippen LogP contribution in [0.5, 0.6) is 5.75 Å². The van der Waals surface area contributed by atoms with E-state index in [0.717, 1.165) is 17.7 Å². The highest BCUT2D eigenvalue weighted by Crippen LogP contribution is 2.40. The quantitative estimate of drug-likeness (QED) is 0.602. The molecule has 0 saturated heterocycles. The zero-order valence-electron chi connectivity index (χ0n) is 15.9. The Labute approximate surface area is 171 Å². The summed E-state index contributed by atoms with van der Waals surface area (Å²) >= 11 is 0. The highest BCUT2D eigenvalue weighted by Gasteiger charge is 2.37. The Bertz CT molecular complexity index is 855. The molecule has 1 amide bonds. The monoisotopic (exact) mass is 425 g/mol. The maximum atomic E-state index is 13.4. The van der Waals surface area contributed by atoms with Gasteiger partial charge in [0.25, 0.3) is 0 Å². The molecular formula is C21H22F3NO5. The molecule has 0 heterocycles. The van der Waals surface area contributed by atoms with E-state index in [4.69, 9.17) is 9.47 Å². The smallest absolute Gasteiger partial charge is 0.419 e. The van der Waals surface area contributed by atoms with Crippen molar-refractivity contribution in [2.45, 2.75) is 43.9 Å². The second-order valence-corrected chi connectivity index (χ2v) is 7.01. The number of alkyl halides is 3. The van der Waals surface area contributed by atoms with E-state index >= 15 is 0 Å². The molecule has 2 aromatic carbocycles. The van der Waals surface area contributed by atoms with E-state index in [1.165, 1.54) is 6.07 Å². The fourth-order valence-electron chi connectivity index (χ4n) is 2.79. The zero-order chi connectivity index (χ0) is 21.7. The van der Waals surface area contributed by atoms with Gasteiger partial charge in [-0.1, -0.05) is 36.4 Å². The minimum atomic E-state index is -4.68. The summed E-state index contributed by atoms with van der Waals surface area (Å²) in [5.74, 6) is -0.309. The Hall–Kier alpha value is -2.78. The van der Waals surface area contributed by atoms with Crippen LogP contribution in [0.25, 0.3) is 0 Å². The van der Waals surface area contributed by atoms with Gasteiger partial charge in [0.15, 0.2) is 0 Å². The molecule has 1 fully saturated rings. The molecule has 0 aromatic heterocycles. The number of benzene rings is 2. The molecule has 6 nitrogen and oxygen atoms in total. The lowest BCUT2D eigenvalue weighted by Gasteiger charge is -2.24. The number of halogens is 3. The summed E-state index contributed by atoms with van der Waals surface area (Å²) in [6, 6.07) is 10.8. The molecule has 30 heavy (non-hydrogen) atoms. The van der Waals surface area contributed by atoms with E-state index in [-0.39, 0.29) is 24.0 Å². The predicted octanol–water partition coefficient (Wildman–Crippen LogP) is 3.57.